The maximum absolute atomic E-state index is 12.2. The molecule has 0 aromatic heterocycles. The Morgan fingerprint density at radius 1 is 1.47 bits per heavy atom. The normalized spacial score (nSPS) is 24.8. The second kappa shape index (κ2) is 8.43. The topological polar surface area (TPSA) is 52.6 Å². The summed E-state index contributed by atoms with van der Waals surface area (Å²) < 4.78 is 24.5. The molecule has 0 radical (unpaired) electrons. The van der Waals surface area contributed by atoms with Gasteiger partial charge in [-0.3, -0.25) is 9.69 Å². The smallest absolute Gasteiger partial charge is 0.317 e. The van der Waals surface area contributed by atoms with E-state index >= 15 is 0 Å². The number of carboxylic acids is 1. The van der Waals surface area contributed by atoms with Crippen LogP contribution in [0.5, 0.6) is 0 Å². The van der Waals surface area contributed by atoms with Crippen molar-refractivity contribution in [3.8, 4) is 0 Å². The van der Waals surface area contributed by atoms with E-state index in [4.69, 9.17) is 5.11 Å². The van der Waals surface area contributed by atoms with E-state index in [2.05, 4.69) is 12.2 Å². The third kappa shape index (κ3) is 6.82. The molecule has 112 valence electrons. The number of carbonyl (C=O) groups is 1. The molecule has 0 aliphatic carbocycles. The second-order valence-electron chi connectivity index (χ2n) is 5.33. The molecule has 0 spiro atoms. The Morgan fingerprint density at radius 2 is 2.21 bits per heavy atom. The van der Waals surface area contributed by atoms with E-state index in [1.165, 1.54) is 0 Å². The van der Waals surface area contributed by atoms with Gasteiger partial charge in [0.2, 0.25) is 0 Å². The third-order valence-electron chi connectivity index (χ3n) is 3.50. The maximum atomic E-state index is 12.2. The second-order valence-corrected chi connectivity index (χ2v) is 5.33. The van der Waals surface area contributed by atoms with Gasteiger partial charge in [0.05, 0.1) is 13.1 Å². The summed E-state index contributed by atoms with van der Waals surface area (Å²) in [4.78, 5) is 12.6. The number of aliphatic carboxylic acids is 1. The summed E-state index contributed by atoms with van der Waals surface area (Å²) in [5.41, 5.74) is 0. The largest absolute Gasteiger partial charge is 0.480 e. The van der Waals surface area contributed by atoms with Gasteiger partial charge < -0.3 is 10.4 Å². The van der Waals surface area contributed by atoms with Crippen molar-refractivity contribution in [3.63, 3.8) is 0 Å². The van der Waals surface area contributed by atoms with Crippen molar-refractivity contribution in [2.24, 2.45) is 5.92 Å². The van der Waals surface area contributed by atoms with Gasteiger partial charge in [0.1, 0.15) is 0 Å². The van der Waals surface area contributed by atoms with Crippen molar-refractivity contribution < 1.29 is 18.7 Å². The summed E-state index contributed by atoms with van der Waals surface area (Å²) in [6, 6.07) is -0.0241. The number of likely N-dealkylation sites (tertiary alicyclic amines) is 1. The van der Waals surface area contributed by atoms with Gasteiger partial charge in [-0.2, -0.15) is 0 Å². The number of alkyl halides is 2. The average Bonchev–Trinajstić information content (AvgIpc) is 2.33. The van der Waals surface area contributed by atoms with Gasteiger partial charge in [-0.1, -0.05) is 19.8 Å². The lowest BCUT2D eigenvalue weighted by atomic mass is 9.90. The maximum Gasteiger partial charge on any atom is 0.317 e. The Bertz CT molecular complexity index is 277. The van der Waals surface area contributed by atoms with Crippen LogP contribution in [-0.4, -0.2) is 54.6 Å². The number of piperidine rings is 1. The van der Waals surface area contributed by atoms with Crippen molar-refractivity contribution in [1.29, 1.82) is 0 Å². The first kappa shape index (κ1) is 16.3. The van der Waals surface area contributed by atoms with Crippen molar-refractivity contribution >= 4 is 5.97 Å². The zero-order valence-electron chi connectivity index (χ0n) is 11.4. The van der Waals surface area contributed by atoms with E-state index in [9.17, 15) is 13.6 Å². The van der Waals surface area contributed by atoms with Gasteiger partial charge in [-0.05, 0) is 18.8 Å². The number of hydrogen-bond acceptors (Lipinski definition) is 3. The van der Waals surface area contributed by atoms with Crippen LogP contribution < -0.4 is 5.32 Å². The van der Waals surface area contributed by atoms with Crippen molar-refractivity contribution in [3.05, 3.63) is 0 Å². The molecule has 2 N–H and O–H groups in total. The number of rotatable bonds is 8. The molecule has 1 aliphatic rings. The van der Waals surface area contributed by atoms with Gasteiger partial charge >= 0.3 is 5.97 Å². The van der Waals surface area contributed by atoms with Gasteiger partial charge in [0.15, 0.2) is 0 Å². The molecule has 0 aromatic carbocycles. The molecule has 1 saturated heterocycles. The molecule has 19 heavy (non-hydrogen) atoms. The Hall–Kier alpha value is -0.750. The third-order valence-corrected chi connectivity index (χ3v) is 3.50. The van der Waals surface area contributed by atoms with E-state index in [-0.39, 0.29) is 19.1 Å². The quantitative estimate of drug-likeness (QED) is 0.711. The summed E-state index contributed by atoms with van der Waals surface area (Å²) in [6.45, 7) is 3.10. The molecule has 1 aliphatic heterocycles. The van der Waals surface area contributed by atoms with E-state index in [0.717, 1.165) is 32.2 Å². The van der Waals surface area contributed by atoms with E-state index < -0.39 is 12.4 Å². The fraction of sp³-hybridized carbons (Fsp3) is 0.923. The number of hydrogen-bond donors (Lipinski definition) is 2. The fourth-order valence-corrected chi connectivity index (χ4v) is 2.73. The summed E-state index contributed by atoms with van der Waals surface area (Å²) >= 11 is 0. The highest BCUT2D eigenvalue weighted by atomic mass is 19.3. The lowest BCUT2D eigenvalue weighted by molar-refractivity contribution is -0.138. The number of halogens is 2. The fourth-order valence-electron chi connectivity index (χ4n) is 2.73. The van der Waals surface area contributed by atoms with Crippen molar-refractivity contribution in [1.82, 2.24) is 10.2 Å². The molecular weight excluding hydrogens is 254 g/mol. The Labute approximate surface area is 113 Å². The zero-order valence-corrected chi connectivity index (χ0v) is 11.4. The molecule has 6 heteroatoms. The van der Waals surface area contributed by atoms with Gasteiger partial charge in [0, 0.05) is 19.1 Å². The molecule has 0 bridgehead atoms. The van der Waals surface area contributed by atoms with Crippen LogP contribution in [0.15, 0.2) is 0 Å². The van der Waals surface area contributed by atoms with E-state index in [1.807, 2.05) is 4.90 Å². The Kier molecular flexibility index (Phi) is 7.23. The summed E-state index contributed by atoms with van der Waals surface area (Å²) in [7, 11) is 0. The van der Waals surface area contributed by atoms with Crippen LogP contribution in [0.3, 0.4) is 0 Å². The molecule has 0 amide bonds. The highest BCUT2D eigenvalue weighted by molar-refractivity contribution is 5.69. The molecule has 1 fully saturated rings. The van der Waals surface area contributed by atoms with Crippen LogP contribution in [0.4, 0.5) is 8.78 Å². The van der Waals surface area contributed by atoms with Crippen LogP contribution in [0, 0.1) is 5.92 Å². The first-order valence-electron chi connectivity index (χ1n) is 6.97. The molecule has 1 rings (SSSR count). The minimum absolute atomic E-state index is 0.00448. The van der Waals surface area contributed by atoms with Gasteiger partial charge in [0.25, 0.3) is 6.43 Å². The highest BCUT2D eigenvalue weighted by Crippen LogP contribution is 2.22. The monoisotopic (exact) mass is 278 g/mol. The summed E-state index contributed by atoms with van der Waals surface area (Å²) in [6.07, 6.45) is 1.75. The van der Waals surface area contributed by atoms with Crippen LogP contribution in [0.1, 0.15) is 32.6 Å². The molecular formula is C13H24F2N2O2. The number of nitrogens with one attached hydrogen (secondary N) is 1. The first-order chi connectivity index (χ1) is 9.01. The number of nitrogens with zero attached hydrogens (tertiary/aromatic N) is 1. The van der Waals surface area contributed by atoms with E-state index in [0.29, 0.717) is 12.5 Å². The number of unbranched alkanes of at least 4 members (excludes halogenated alkanes) is 1. The minimum atomic E-state index is -2.36. The lowest BCUT2D eigenvalue weighted by Crippen LogP contribution is -2.51. The first-order valence-corrected chi connectivity index (χ1v) is 6.97. The molecule has 0 saturated carbocycles. The lowest BCUT2D eigenvalue weighted by Gasteiger charge is -2.37. The molecule has 2 atom stereocenters. The van der Waals surface area contributed by atoms with Gasteiger partial charge in [-0.25, -0.2) is 8.78 Å². The standard InChI is InChI=1S/C13H24F2N2O2/c1-2-3-4-10-5-11(16-6-12(14)15)8-17(7-10)9-13(18)19/h10-12,16H,2-9H2,1H3,(H,18,19). The predicted molar refractivity (Wildman–Crippen MR) is 69.5 cm³/mol. The van der Waals surface area contributed by atoms with Crippen LogP contribution in [0.2, 0.25) is 0 Å². The predicted octanol–water partition coefficient (Wildman–Crippen LogP) is 1.81. The van der Waals surface area contributed by atoms with Crippen molar-refractivity contribution in [2.75, 3.05) is 26.2 Å². The molecule has 2 unspecified atom stereocenters. The summed E-state index contributed by atoms with van der Waals surface area (Å²) in [5, 5.41) is 11.7. The van der Waals surface area contributed by atoms with Gasteiger partial charge in [-0.15, -0.1) is 0 Å². The number of carboxylic acid groups (broad SMARTS) is 1. The SMILES string of the molecule is CCCCC1CC(NCC(F)F)CN(CC(=O)O)C1. The zero-order chi connectivity index (χ0) is 14.3. The van der Waals surface area contributed by atoms with Crippen LogP contribution in [0.25, 0.3) is 0 Å². The molecule has 1 heterocycles. The van der Waals surface area contributed by atoms with Crippen molar-refractivity contribution in [2.45, 2.75) is 45.1 Å². The average molecular weight is 278 g/mol. The minimum Gasteiger partial charge on any atom is -0.480 e. The van der Waals surface area contributed by atoms with E-state index in [1.54, 1.807) is 0 Å². The van der Waals surface area contributed by atoms with Crippen LogP contribution >= 0.6 is 0 Å². The molecule has 0 aromatic rings. The highest BCUT2D eigenvalue weighted by Gasteiger charge is 2.28. The Balaban J connectivity index is 2.47. The molecule has 4 nitrogen and oxygen atoms in total. The van der Waals surface area contributed by atoms with Crippen LogP contribution in [-0.2, 0) is 4.79 Å². The Morgan fingerprint density at radius 3 is 2.79 bits per heavy atom. The summed E-state index contributed by atoms with van der Waals surface area (Å²) in [5.74, 6) is -0.452.